The number of ether oxygens (including phenoxy) is 1. The fourth-order valence-corrected chi connectivity index (χ4v) is 2.98. The van der Waals surface area contributed by atoms with E-state index in [4.69, 9.17) is 9.84 Å². The summed E-state index contributed by atoms with van der Waals surface area (Å²) in [7, 11) is 0. The van der Waals surface area contributed by atoms with Crippen molar-refractivity contribution >= 4 is 29.3 Å². The Morgan fingerprint density at radius 1 is 1.33 bits per heavy atom. The minimum atomic E-state index is -0.881. The predicted octanol–water partition coefficient (Wildman–Crippen LogP) is 1.03. The summed E-state index contributed by atoms with van der Waals surface area (Å²) in [5.41, 5.74) is 1.36. The number of hydrogen-bond donors (Lipinski definition) is 3. The van der Waals surface area contributed by atoms with Crippen LogP contribution in [0.2, 0.25) is 0 Å². The van der Waals surface area contributed by atoms with E-state index in [9.17, 15) is 14.4 Å². The van der Waals surface area contributed by atoms with Gasteiger partial charge >= 0.3 is 12.1 Å². The lowest BCUT2D eigenvalue weighted by Gasteiger charge is -2.14. The Hall–Kier alpha value is -2.61. The highest BCUT2D eigenvalue weighted by atomic mass is 16.6. The topological polar surface area (TPSA) is 108 Å². The molecule has 8 nitrogen and oxygen atoms in total. The molecule has 2 aliphatic rings. The maximum Gasteiger partial charge on any atom is 0.414 e. The molecular weight excluding hydrogens is 314 g/mol. The van der Waals surface area contributed by atoms with Gasteiger partial charge in [0.2, 0.25) is 5.91 Å². The van der Waals surface area contributed by atoms with Gasteiger partial charge in [0.05, 0.1) is 6.54 Å². The van der Waals surface area contributed by atoms with Crippen LogP contribution in [-0.4, -0.2) is 48.8 Å². The zero-order valence-corrected chi connectivity index (χ0v) is 13.0. The van der Waals surface area contributed by atoms with Crippen molar-refractivity contribution in [3.8, 4) is 0 Å². The molecule has 3 N–H and O–H groups in total. The maximum absolute atomic E-state index is 12.1. The molecule has 0 saturated carbocycles. The van der Waals surface area contributed by atoms with Crippen LogP contribution in [0.1, 0.15) is 12.8 Å². The third kappa shape index (κ3) is 3.65. The Morgan fingerprint density at radius 3 is 2.67 bits per heavy atom. The first kappa shape index (κ1) is 16.3. The van der Waals surface area contributed by atoms with E-state index in [1.807, 2.05) is 0 Å². The summed E-state index contributed by atoms with van der Waals surface area (Å²) in [6, 6.07) is 6.39. The quantitative estimate of drug-likeness (QED) is 0.743. The van der Waals surface area contributed by atoms with Crippen molar-refractivity contribution in [2.45, 2.75) is 18.9 Å². The number of anilines is 2. The van der Waals surface area contributed by atoms with Gasteiger partial charge in [-0.2, -0.15) is 0 Å². The maximum atomic E-state index is 12.1. The Labute approximate surface area is 138 Å². The molecule has 0 aliphatic carbocycles. The highest BCUT2D eigenvalue weighted by molar-refractivity contribution is 5.92. The molecule has 2 unspecified atom stereocenters. The third-order valence-electron chi connectivity index (χ3n) is 4.22. The number of carbonyl (C=O) groups excluding carboxylic acids is 2. The molecule has 0 bridgehead atoms. The molecule has 2 aliphatic heterocycles. The lowest BCUT2D eigenvalue weighted by atomic mass is 10.0. The molecule has 1 aromatic rings. The van der Waals surface area contributed by atoms with Crippen molar-refractivity contribution in [1.82, 2.24) is 5.32 Å². The summed E-state index contributed by atoms with van der Waals surface area (Å²) in [4.78, 5) is 36.0. The van der Waals surface area contributed by atoms with Crippen molar-refractivity contribution in [2.75, 3.05) is 29.9 Å². The second-order valence-corrected chi connectivity index (χ2v) is 5.97. The lowest BCUT2D eigenvalue weighted by molar-refractivity contribution is -0.139. The first-order valence-electron chi connectivity index (χ1n) is 7.83. The molecular formula is C16H19N3O5. The largest absolute Gasteiger partial charge is 0.480 e. The minimum Gasteiger partial charge on any atom is -0.480 e. The monoisotopic (exact) mass is 333 g/mol. The molecule has 0 spiro atoms. The Kier molecular flexibility index (Phi) is 4.66. The average molecular weight is 333 g/mol. The summed E-state index contributed by atoms with van der Waals surface area (Å²) in [6.45, 7) is 1.43. The second kappa shape index (κ2) is 6.88. The zero-order valence-electron chi connectivity index (χ0n) is 13.0. The predicted molar refractivity (Wildman–Crippen MR) is 85.9 cm³/mol. The van der Waals surface area contributed by atoms with E-state index < -0.39 is 12.0 Å². The van der Waals surface area contributed by atoms with E-state index in [2.05, 4.69) is 10.6 Å². The van der Waals surface area contributed by atoms with Gasteiger partial charge in [-0.25, -0.2) is 4.79 Å². The summed E-state index contributed by atoms with van der Waals surface area (Å²) in [5.74, 6) is -1.01. The summed E-state index contributed by atoms with van der Waals surface area (Å²) < 4.78 is 4.88. The Bertz CT molecular complexity index is 646. The van der Waals surface area contributed by atoms with Gasteiger partial charge < -0.3 is 20.5 Å². The number of aliphatic carboxylic acids is 1. The first-order chi connectivity index (χ1) is 11.5. The van der Waals surface area contributed by atoms with Crippen molar-refractivity contribution in [3.05, 3.63) is 24.3 Å². The van der Waals surface area contributed by atoms with Crippen LogP contribution < -0.4 is 15.5 Å². The number of rotatable bonds is 5. The van der Waals surface area contributed by atoms with Crippen LogP contribution >= 0.6 is 0 Å². The van der Waals surface area contributed by atoms with Crippen LogP contribution in [0.15, 0.2) is 24.3 Å². The van der Waals surface area contributed by atoms with E-state index in [-0.39, 0.29) is 24.3 Å². The number of amides is 2. The summed E-state index contributed by atoms with van der Waals surface area (Å²) in [6.07, 6.45) is 0.365. The van der Waals surface area contributed by atoms with Gasteiger partial charge in [-0.15, -0.1) is 0 Å². The number of nitrogens with one attached hydrogen (secondary N) is 2. The van der Waals surface area contributed by atoms with Crippen LogP contribution in [0.5, 0.6) is 0 Å². The molecule has 3 rings (SSSR count). The summed E-state index contributed by atoms with van der Waals surface area (Å²) in [5, 5.41) is 14.6. The van der Waals surface area contributed by atoms with Crippen molar-refractivity contribution < 1.29 is 24.2 Å². The van der Waals surface area contributed by atoms with E-state index >= 15 is 0 Å². The molecule has 2 saturated heterocycles. The molecule has 128 valence electrons. The number of nitrogens with zero attached hydrogens (tertiary/aromatic N) is 1. The molecule has 2 atom stereocenters. The average Bonchev–Trinajstić information content (AvgIpc) is 3.17. The Morgan fingerprint density at radius 2 is 2.08 bits per heavy atom. The molecule has 2 fully saturated rings. The molecule has 0 radical (unpaired) electrons. The number of carboxylic acid groups (broad SMARTS) is 1. The standard InChI is InChI=1S/C16H19N3O5/c20-14(8-10-7-13(15(21)22)17-9-10)18-11-1-3-12(4-2-11)19-5-6-24-16(19)23/h1-4,10,13,17H,5-9H2,(H,18,20)(H,21,22). The number of carboxylic acids is 1. The number of hydrogen-bond acceptors (Lipinski definition) is 5. The molecule has 1 aromatic carbocycles. The highest BCUT2D eigenvalue weighted by Gasteiger charge is 2.30. The smallest absolute Gasteiger partial charge is 0.414 e. The molecule has 24 heavy (non-hydrogen) atoms. The number of carbonyl (C=O) groups is 3. The number of cyclic esters (lactones) is 1. The molecule has 8 heteroatoms. The van der Waals surface area contributed by atoms with Crippen LogP contribution in [0.3, 0.4) is 0 Å². The molecule has 0 aromatic heterocycles. The third-order valence-corrected chi connectivity index (χ3v) is 4.22. The fourth-order valence-electron chi connectivity index (χ4n) is 2.98. The molecule has 2 amide bonds. The van der Waals surface area contributed by atoms with E-state index in [1.165, 1.54) is 4.90 Å². The SMILES string of the molecule is O=C(CC1CNC(C(=O)O)C1)Nc1ccc(N2CCOC2=O)cc1. The van der Waals surface area contributed by atoms with E-state index in [1.54, 1.807) is 24.3 Å². The second-order valence-electron chi connectivity index (χ2n) is 5.97. The van der Waals surface area contributed by atoms with E-state index in [0.717, 1.165) is 5.69 Å². The molecule has 2 heterocycles. The van der Waals surface area contributed by atoms with Crippen molar-refractivity contribution in [2.24, 2.45) is 5.92 Å². The van der Waals surface area contributed by atoms with Gasteiger partial charge in [0.25, 0.3) is 0 Å². The van der Waals surface area contributed by atoms with Gasteiger partial charge in [-0.3, -0.25) is 14.5 Å². The van der Waals surface area contributed by atoms with Gasteiger partial charge in [0.15, 0.2) is 0 Å². The van der Waals surface area contributed by atoms with E-state index in [0.29, 0.717) is 31.8 Å². The van der Waals surface area contributed by atoms with Crippen LogP contribution in [-0.2, 0) is 14.3 Å². The van der Waals surface area contributed by atoms with Crippen molar-refractivity contribution in [3.63, 3.8) is 0 Å². The zero-order chi connectivity index (χ0) is 17.1. The minimum absolute atomic E-state index is 0.0183. The van der Waals surface area contributed by atoms with Crippen LogP contribution in [0, 0.1) is 5.92 Å². The van der Waals surface area contributed by atoms with Gasteiger partial charge in [0, 0.05) is 17.8 Å². The van der Waals surface area contributed by atoms with Gasteiger partial charge in [-0.1, -0.05) is 0 Å². The highest BCUT2D eigenvalue weighted by Crippen LogP contribution is 2.22. The fraction of sp³-hybridized carbons (Fsp3) is 0.438. The van der Waals surface area contributed by atoms with Gasteiger partial charge in [-0.05, 0) is 43.1 Å². The lowest BCUT2D eigenvalue weighted by Crippen LogP contribution is -2.29. The van der Waals surface area contributed by atoms with Gasteiger partial charge in [0.1, 0.15) is 12.6 Å². The normalized spacial score (nSPS) is 23.2. The van der Waals surface area contributed by atoms with Crippen molar-refractivity contribution in [1.29, 1.82) is 0 Å². The summed E-state index contributed by atoms with van der Waals surface area (Å²) >= 11 is 0. The Balaban J connectivity index is 1.51. The van der Waals surface area contributed by atoms with Crippen LogP contribution in [0.25, 0.3) is 0 Å². The van der Waals surface area contributed by atoms with Crippen LogP contribution in [0.4, 0.5) is 16.2 Å². The number of benzene rings is 1. The first-order valence-corrected chi connectivity index (χ1v) is 7.83.